The van der Waals surface area contributed by atoms with E-state index < -0.39 is 0 Å². The zero-order valence-electron chi connectivity index (χ0n) is 15.5. The summed E-state index contributed by atoms with van der Waals surface area (Å²) in [5, 5.41) is 0. The van der Waals surface area contributed by atoms with Gasteiger partial charge in [-0.15, -0.1) is 0 Å². The normalized spacial score (nSPS) is 49.7. The molecule has 0 N–H and O–H groups in total. The van der Waals surface area contributed by atoms with Crippen LogP contribution < -0.4 is 0 Å². The number of benzene rings is 2. The van der Waals surface area contributed by atoms with E-state index in [2.05, 4.69) is 60.7 Å². The van der Waals surface area contributed by atoms with Crippen molar-refractivity contribution in [2.75, 3.05) is 0 Å². The van der Waals surface area contributed by atoms with E-state index in [0.717, 1.165) is 35.5 Å². The summed E-state index contributed by atoms with van der Waals surface area (Å²) < 4.78 is 0. The zero-order chi connectivity index (χ0) is 16.9. The van der Waals surface area contributed by atoms with E-state index in [9.17, 15) is 0 Å². The molecule has 0 aromatic heterocycles. The molecule has 0 atom stereocenters. The van der Waals surface area contributed by atoms with Crippen LogP contribution in [0.2, 0.25) is 0 Å². The van der Waals surface area contributed by atoms with E-state index in [4.69, 9.17) is 0 Å². The summed E-state index contributed by atoms with van der Waals surface area (Å²) in [7, 11) is 0. The van der Waals surface area contributed by atoms with Gasteiger partial charge in [0, 0.05) is 0 Å². The van der Waals surface area contributed by atoms with Crippen molar-refractivity contribution in [2.45, 2.75) is 49.4 Å². The van der Waals surface area contributed by atoms with Crippen LogP contribution in [0, 0.1) is 35.5 Å². The van der Waals surface area contributed by atoms with Crippen molar-refractivity contribution in [3.8, 4) is 0 Å². The molecule has 0 radical (unpaired) electrons. The molecule has 132 valence electrons. The van der Waals surface area contributed by atoms with Crippen LogP contribution in [-0.2, 0) is 10.8 Å². The fourth-order valence-electron chi connectivity index (χ4n) is 9.22. The van der Waals surface area contributed by atoms with Crippen molar-refractivity contribution in [3.63, 3.8) is 0 Å². The molecule has 7 fully saturated rings. The van der Waals surface area contributed by atoms with E-state index in [1.54, 1.807) is 11.1 Å². The third-order valence-electron chi connectivity index (χ3n) is 9.83. The fourth-order valence-corrected chi connectivity index (χ4v) is 9.22. The van der Waals surface area contributed by atoms with E-state index in [1.165, 1.54) is 38.5 Å². The van der Waals surface area contributed by atoms with Crippen LogP contribution in [0.4, 0.5) is 0 Å². The highest BCUT2D eigenvalue weighted by Crippen LogP contribution is 2.76. The lowest BCUT2D eigenvalue weighted by Crippen LogP contribution is -2.69. The van der Waals surface area contributed by atoms with Crippen LogP contribution in [0.25, 0.3) is 0 Å². The highest BCUT2D eigenvalue weighted by atomic mass is 14.7. The lowest BCUT2D eigenvalue weighted by molar-refractivity contribution is -0.221. The minimum Gasteiger partial charge on any atom is -0.0622 e. The Balaban J connectivity index is 1.32. The summed E-state index contributed by atoms with van der Waals surface area (Å²) in [6.45, 7) is 0. The molecule has 0 unspecified atom stereocenters. The molecule has 0 amide bonds. The predicted molar refractivity (Wildman–Crippen MR) is 105 cm³/mol. The molecule has 0 heterocycles. The molecule has 26 heavy (non-hydrogen) atoms. The van der Waals surface area contributed by atoms with Gasteiger partial charge in [0.05, 0.1) is 0 Å². The topological polar surface area (TPSA) is 0 Å². The molecule has 7 aliphatic rings. The first kappa shape index (κ1) is 14.5. The maximum absolute atomic E-state index is 2.44. The minimum atomic E-state index is 0.537. The number of hydrogen-bond acceptors (Lipinski definition) is 0. The molecule has 8 bridgehead atoms. The summed E-state index contributed by atoms with van der Waals surface area (Å²) in [6.07, 6.45) is 8.98. The SMILES string of the molecule is c1ccc(C23CC4C5CC6(c7ccccc7)CC4C(C2)C(C6)C5C3)cc1. The molecule has 0 heteroatoms. The van der Waals surface area contributed by atoms with Gasteiger partial charge < -0.3 is 0 Å². The summed E-state index contributed by atoms with van der Waals surface area (Å²) in [5.41, 5.74) is 4.42. The quantitative estimate of drug-likeness (QED) is 0.632. The van der Waals surface area contributed by atoms with Gasteiger partial charge in [-0.1, -0.05) is 60.7 Å². The first-order chi connectivity index (χ1) is 12.8. The standard InChI is InChI=1S/C26H28/c1-3-7-17(8-4-1)25-11-19-22-14-26(18-9-5-2-6-10-18)15-23(19)21(13-25)24(16-26)20(22)12-25/h1-10,19-24H,11-16H2. The maximum Gasteiger partial charge on any atom is -0.00385 e. The Labute approximate surface area is 157 Å². The van der Waals surface area contributed by atoms with Crippen molar-refractivity contribution >= 4 is 0 Å². The van der Waals surface area contributed by atoms with E-state index >= 15 is 0 Å². The van der Waals surface area contributed by atoms with Crippen LogP contribution in [-0.4, -0.2) is 0 Å². The van der Waals surface area contributed by atoms with Crippen molar-refractivity contribution < 1.29 is 0 Å². The average Bonchev–Trinajstić information content (AvgIpc) is 2.72. The Hall–Kier alpha value is -1.56. The largest absolute Gasteiger partial charge is 0.0622 e. The van der Waals surface area contributed by atoms with Crippen LogP contribution in [0.1, 0.15) is 49.7 Å². The summed E-state index contributed by atoms with van der Waals surface area (Å²) >= 11 is 0. The molecule has 9 rings (SSSR count). The molecular formula is C26H28. The summed E-state index contributed by atoms with van der Waals surface area (Å²) in [6, 6.07) is 23.3. The highest BCUT2D eigenvalue weighted by molar-refractivity contribution is 5.37. The smallest absolute Gasteiger partial charge is 0.00385 e. The molecule has 7 aliphatic carbocycles. The Morgan fingerprint density at radius 2 is 0.692 bits per heavy atom. The first-order valence-electron chi connectivity index (χ1n) is 10.9. The van der Waals surface area contributed by atoms with Crippen LogP contribution in [0.5, 0.6) is 0 Å². The van der Waals surface area contributed by atoms with Gasteiger partial charge >= 0.3 is 0 Å². The second-order valence-corrected chi connectivity index (χ2v) is 10.5. The van der Waals surface area contributed by atoms with Gasteiger partial charge in [0.2, 0.25) is 0 Å². The molecule has 0 aliphatic heterocycles. The second-order valence-electron chi connectivity index (χ2n) is 10.5. The van der Waals surface area contributed by atoms with Gasteiger partial charge in [0.1, 0.15) is 0 Å². The molecule has 2 aromatic carbocycles. The molecule has 0 nitrogen and oxygen atoms in total. The Kier molecular flexibility index (Phi) is 2.59. The van der Waals surface area contributed by atoms with Crippen molar-refractivity contribution in [2.24, 2.45) is 35.5 Å². The third-order valence-corrected chi connectivity index (χ3v) is 9.83. The second kappa shape index (κ2) is 4.64. The van der Waals surface area contributed by atoms with Gasteiger partial charge in [-0.3, -0.25) is 0 Å². The first-order valence-corrected chi connectivity index (χ1v) is 10.9. The van der Waals surface area contributed by atoms with Crippen LogP contribution in [0.3, 0.4) is 0 Å². The molecular weight excluding hydrogens is 312 g/mol. The minimum absolute atomic E-state index is 0.537. The zero-order valence-corrected chi connectivity index (χ0v) is 15.5. The van der Waals surface area contributed by atoms with Gasteiger partial charge in [-0.25, -0.2) is 0 Å². The Morgan fingerprint density at radius 3 is 0.962 bits per heavy atom. The number of hydrogen-bond donors (Lipinski definition) is 0. The molecule has 0 spiro atoms. The Bertz CT molecular complexity index is 712. The summed E-state index contributed by atoms with van der Waals surface area (Å²) in [5.74, 6) is 6.17. The van der Waals surface area contributed by atoms with Crippen molar-refractivity contribution in [1.82, 2.24) is 0 Å². The monoisotopic (exact) mass is 340 g/mol. The van der Waals surface area contributed by atoms with E-state index in [1.807, 2.05) is 0 Å². The Morgan fingerprint density at radius 1 is 0.423 bits per heavy atom. The maximum atomic E-state index is 2.44. The lowest BCUT2D eigenvalue weighted by Gasteiger charge is -2.75. The van der Waals surface area contributed by atoms with Crippen molar-refractivity contribution in [3.05, 3.63) is 71.8 Å². The fraction of sp³-hybridized carbons (Fsp3) is 0.538. The predicted octanol–water partition coefficient (Wildman–Crippen LogP) is 5.97. The number of rotatable bonds is 2. The van der Waals surface area contributed by atoms with Crippen LogP contribution in [0.15, 0.2) is 60.7 Å². The van der Waals surface area contributed by atoms with Gasteiger partial charge in [-0.2, -0.15) is 0 Å². The van der Waals surface area contributed by atoms with Crippen LogP contribution >= 0.6 is 0 Å². The molecule has 0 saturated heterocycles. The summed E-state index contributed by atoms with van der Waals surface area (Å²) in [4.78, 5) is 0. The van der Waals surface area contributed by atoms with E-state index in [0.29, 0.717) is 10.8 Å². The van der Waals surface area contributed by atoms with Gasteiger partial charge in [0.15, 0.2) is 0 Å². The third kappa shape index (κ3) is 1.59. The lowest BCUT2D eigenvalue weighted by atomic mass is 9.29. The van der Waals surface area contributed by atoms with Crippen molar-refractivity contribution in [1.29, 1.82) is 0 Å². The highest BCUT2D eigenvalue weighted by Gasteiger charge is 2.70. The molecule has 2 aromatic rings. The van der Waals surface area contributed by atoms with Gasteiger partial charge in [0.25, 0.3) is 0 Å². The van der Waals surface area contributed by atoms with Gasteiger partial charge in [-0.05, 0) is 96.0 Å². The average molecular weight is 341 g/mol. The molecule has 7 saturated carbocycles. The van der Waals surface area contributed by atoms with E-state index in [-0.39, 0.29) is 0 Å².